The summed E-state index contributed by atoms with van der Waals surface area (Å²) >= 11 is 0. The van der Waals surface area contributed by atoms with E-state index in [-0.39, 0.29) is 11.4 Å². The highest BCUT2D eigenvalue weighted by atomic mass is 19.1. The largest absolute Gasteiger partial charge is 0.335 e. The fourth-order valence-electron chi connectivity index (χ4n) is 4.61. The zero-order valence-electron chi connectivity index (χ0n) is 19.8. The van der Waals surface area contributed by atoms with Gasteiger partial charge in [-0.25, -0.2) is 14.1 Å². The maximum absolute atomic E-state index is 13.9. The van der Waals surface area contributed by atoms with Crippen LogP contribution >= 0.6 is 0 Å². The molecule has 0 saturated carbocycles. The van der Waals surface area contributed by atoms with Crippen LogP contribution in [0.4, 0.5) is 14.9 Å². The van der Waals surface area contributed by atoms with Crippen molar-refractivity contribution >= 4 is 40.4 Å². The van der Waals surface area contributed by atoms with Crippen molar-refractivity contribution in [3.8, 4) is 0 Å². The number of hydrogen-bond donors (Lipinski definition) is 1. The summed E-state index contributed by atoms with van der Waals surface area (Å²) in [4.78, 5) is 40.2. The van der Waals surface area contributed by atoms with Gasteiger partial charge in [-0.3, -0.25) is 14.9 Å². The number of anilines is 1. The molecule has 1 N–H and O–H groups in total. The molecule has 4 aromatic carbocycles. The molecule has 5 rings (SSSR count). The highest BCUT2D eigenvalue weighted by Gasteiger charge is 2.37. The zero-order valence-corrected chi connectivity index (χ0v) is 19.8. The molecule has 178 valence electrons. The van der Waals surface area contributed by atoms with Crippen LogP contribution < -0.4 is 10.2 Å². The highest BCUT2D eigenvalue weighted by molar-refractivity contribution is 6.39. The lowest BCUT2D eigenvalue weighted by Gasteiger charge is -2.28. The van der Waals surface area contributed by atoms with E-state index in [9.17, 15) is 18.8 Å². The van der Waals surface area contributed by atoms with E-state index in [0.29, 0.717) is 17.7 Å². The van der Waals surface area contributed by atoms with Crippen LogP contribution in [0.15, 0.2) is 84.4 Å². The Morgan fingerprint density at radius 3 is 2.47 bits per heavy atom. The van der Waals surface area contributed by atoms with E-state index in [1.54, 1.807) is 12.1 Å². The first kappa shape index (κ1) is 23.2. The molecule has 5 nitrogen and oxygen atoms in total. The number of aryl methyl sites for hydroxylation is 2. The zero-order chi connectivity index (χ0) is 25.4. The van der Waals surface area contributed by atoms with E-state index in [1.807, 2.05) is 68.4 Å². The SMILES string of the molecule is Cc1ccc(N2C(=O)NC(=O)/C(=C\c3c(Cc4cccc(F)c4)ccc4ccccc34)C2=O)c(C)c1. The first-order valence-electron chi connectivity index (χ1n) is 11.6. The third kappa shape index (κ3) is 4.29. The summed E-state index contributed by atoms with van der Waals surface area (Å²) in [5.74, 6) is -1.78. The van der Waals surface area contributed by atoms with Crippen LogP contribution in [0.3, 0.4) is 0 Å². The predicted molar refractivity (Wildman–Crippen MR) is 138 cm³/mol. The van der Waals surface area contributed by atoms with Crippen molar-refractivity contribution in [3.63, 3.8) is 0 Å². The normalized spacial score (nSPS) is 15.0. The highest BCUT2D eigenvalue weighted by Crippen LogP contribution is 2.30. The smallest absolute Gasteiger partial charge is 0.273 e. The number of fused-ring (bicyclic) bond motifs is 1. The number of benzene rings is 4. The van der Waals surface area contributed by atoms with Crippen LogP contribution in [0.2, 0.25) is 0 Å². The average molecular weight is 479 g/mol. The van der Waals surface area contributed by atoms with Gasteiger partial charge in [-0.05, 0) is 77.6 Å². The van der Waals surface area contributed by atoms with E-state index < -0.39 is 17.8 Å². The lowest BCUT2D eigenvalue weighted by molar-refractivity contribution is -0.122. The molecular weight excluding hydrogens is 455 g/mol. The van der Waals surface area contributed by atoms with Crippen molar-refractivity contribution in [1.29, 1.82) is 0 Å². The lowest BCUT2D eigenvalue weighted by Crippen LogP contribution is -2.54. The average Bonchev–Trinajstić information content (AvgIpc) is 2.84. The van der Waals surface area contributed by atoms with Crippen molar-refractivity contribution in [2.24, 2.45) is 0 Å². The summed E-state index contributed by atoms with van der Waals surface area (Å²) < 4.78 is 13.9. The lowest BCUT2D eigenvalue weighted by atomic mass is 9.92. The molecule has 0 radical (unpaired) electrons. The van der Waals surface area contributed by atoms with Crippen LogP contribution in [0.5, 0.6) is 0 Å². The summed E-state index contributed by atoms with van der Waals surface area (Å²) in [5, 5.41) is 4.08. The second kappa shape index (κ2) is 9.23. The number of rotatable bonds is 4. The number of barbiturate groups is 1. The molecule has 0 unspecified atom stereocenters. The first-order chi connectivity index (χ1) is 17.3. The summed E-state index contributed by atoms with van der Waals surface area (Å²) in [7, 11) is 0. The van der Waals surface area contributed by atoms with E-state index in [1.165, 1.54) is 18.2 Å². The number of imide groups is 2. The summed E-state index contributed by atoms with van der Waals surface area (Å²) in [6.45, 7) is 3.73. The standard InChI is InChI=1S/C30H23FN2O3/c1-18-10-13-27(19(2)14-18)33-29(35)26(28(34)32-30(33)36)17-25-22(15-20-6-5-8-23(31)16-20)12-11-21-7-3-4-9-24(21)25/h3-14,16-17H,15H2,1-2H3,(H,32,34,36)/b26-17+. The molecule has 36 heavy (non-hydrogen) atoms. The molecule has 1 aliphatic rings. The molecule has 1 saturated heterocycles. The van der Waals surface area contributed by atoms with Gasteiger partial charge in [0.1, 0.15) is 11.4 Å². The van der Waals surface area contributed by atoms with E-state index in [0.717, 1.165) is 37.9 Å². The Morgan fingerprint density at radius 2 is 1.69 bits per heavy atom. The molecule has 0 aromatic heterocycles. The number of nitrogens with zero attached hydrogens (tertiary/aromatic N) is 1. The molecule has 0 atom stereocenters. The van der Waals surface area contributed by atoms with Crippen LogP contribution in [-0.4, -0.2) is 17.8 Å². The maximum Gasteiger partial charge on any atom is 0.335 e. The maximum atomic E-state index is 13.9. The Labute approximate surface area is 207 Å². The molecule has 0 aliphatic carbocycles. The molecule has 6 heteroatoms. The van der Waals surface area contributed by atoms with Crippen molar-refractivity contribution in [1.82, 2.24) is 5.32 Å². The van der Waals surface area contributed by atoms with Gasteiger partial charge < -0.3 is 0 Å². The van der Waals surface area contributed by atoms with E-state index in [2.05, 4.69) is 5.32 Å². The molecule has 4 amide bonds. The molecule has 1 aliphatic heterocycles. The number of urea groups is 1. The Hall–Kier alpha value is -4.58. The van der Waals surface area contributed by atoms with Gasteiger partial charge in [0, 0.05) is 0 Å². The van der Waals surface area contributed by atoms with Crippen LogP contribution in [0.1, 0.15) is 27.8 Å². The van der Waals surface area contributed by atoms with Gasteiger partial charge in [-0.1, -0.05) is 66.2 Å². The molecule has 0 bridgehead atoms. The Kier molecular flexibility index (Phi) is 5.94. The van der Waals surface area contributed by atoms with Gasteiger partial charge in [0.05, 0.1) is 5.69 Å². The van der Waals surface area contributed by atoms with Crippen LogP contribution in [0.25, 0.3) is 16.8 Å². The minimum Gasteiger partial charge on any atom is -0.273 e. The monoisotopic (exact) mass is 478 g/mol. The molecule has 4 aromatic rings. The summed E-state index contributed by atoms with van der Waals surface area (Å²) in [5.41, 5.74) is 4.25. The number of amides is 4. The van der Waals surface area contributed by atoms with E-state index >= 15 is 0 Å². The minimum atomic E-state index is -0.785. The van der Waals surface area contributed by atoms with Gasteiger partial charge in [-0.15, -0.1) is 0 Å². The fraction of sp³-hybridized carbons (Fsp3) is 0.100. The van der Waals surface area contributed by atoms with Gasteiger partial charge in [-0.2, -0.15) is 0 Å². The molecule has 1 fully saturated rings. The number of carbonyl (C=O) groups is 3. The molecule has 0 spiro atoms. The summed E-state index contributed by atoms with van der Waals surface area (Å²) in [6.07, 6.45) is 1.94. The number of carbonyl (C=O) groups excluding carboxylic acids is 3. The number of hydrogen-bond acceptors (Lipinski definition) is 3. The van der Waals surface area contributed by atoms with E-state index in [4.69, 9.17) is 0 Å². The quantitative estimate of drug-likeness (QED) is 0.295. The molecule has 1 heterocycles. The Bertz CT molecular complexity index is 1590. The third-order valence-electron chi connectivity index (χ3n) is 6.33. The van der Waals surface area contributed by atoms with Crippen LogP contribution in [-0.2, 0) is 16.0 Å². The van der Waals surface area contributed by atoms with Crippen molar-refractivity contribution in [2.75, 3.05) is 4.90 Å². The number of halogens is 1. The first-order valence-corrected chi connectivity index (χ1v) is 11.6. The van der Waals surface area contributed by atoms with Gasteiger partial charge in [0.2, 0.25) is 0 Å². The number of nitrogens with one attached hydrogen (secondary N) is 1. The van der Waals surface area contributed by atoms with Crippen molar-refractivity contribution < 1.29 is 18.8 Å². The second-order valence-corrected chi connectivity index (χ2v) is 8.91. The Morgan fingerprint density at radius 1 is 0.889 bits per heavy atom. The van der Waals surface area contributed by atoms with Crippen molar-refractivity contribution in [3.05, 3.63) is 118 Å². The van der Waals surface area contributed by atoms with Gasteiger partial charge >= 0.3 is 6.03 Å². The van der Waals surface area contributed by atoms with Crippen LogP contribution in [0, 0.1) is 19.7 Å². The predicted octanol–water partition coefficient (Wildman–Crippen LogP) is 5.85. The Balaban J connectivity index is 1.65. The summed E-state index contributed by atoms with van der Waals surface area (Å²) in [6, 6.07) is 22.4. The third-order valence-corrected chi connectivity index (χ3v) is 6.33. The van der Waals surface area contributed by atoms with Gasteiger partial charge in [0.25, 0.3) is 11.8 Å². The van der Waals surface area contributed by atoms with Crippen molar-refractivity contribution in [2.45, 2.75) is 20.3 Å². The topological polar surface area (TPSA) is 66.5 Å². The molecular formula is C30H23FN2O3. The fourth-order valence-corrected chi connectivity index (χ4v) is 4.61. The minimum absolute atomic E-state index is 0.147. The van der Waals surface area contributed by atoms with Gasteiger partial charge in [0.15, 0.2) is 0 Å². The second-order valence-electron chi connectivity index (χ2n) is 8.91.